The molecule has 2 saturated heterocycles. The number of carbonyl (C=O) groups excluding carboxylic acids is 1. The fourth-order valence-electron chi connectivity index (χ4n) is 4.42. The molecular formula is C23H29N3O2. The maximum atomic E-state index is 12.6. The predicted octanol–water partition coefficient (Wildman–Crippen LogP) is 3.44. The Morgan fingerprint density at radius 3 is 2.71 bits per heavy atom. The molecule has 2 aliphatic heterocycles. The minimum absolute atomic E-state index is 0.240. The first-order chi connectivity index (χ1) is 13.7. The van der Waals surface area contributed by atoms with E-state index in [1.165, 1.54) is 0 Å². The van der Waals surface area contributed by atoms with Gasteiger partial charge >= 0.3 is 0 Å². The average molecular weight is 380 g/mol. The Balaban J connectivity index is 1.47. The van der Waals surface area contributed by atoms with Gasteiger partial charge in [0.25, 0.3) is 0 Å². The van der Waals surface area contributed by atoms with Crippen molar-refractivity contribution in [2.24, 2.45) is 0 Å². The zero-order chi connectivity index (χ0) is 19.3. The molecular weight excluding hydrogens is 350 g/mol. The summed E-state index contributed by atoms with van der Waals surface area (Å²) in [6, 6.07) is 14.6. The second-order valence-corrected chi connectivity index (χ2v) is 7.76. The monoisotopic (exact) mass is 379 g/mol. The Morgan fingerprint density at radius 2 is 1.89 bits per heavy atom. The molecule has 0 radical (unpaired) electrons. The van der Waals surface area contributed by atoms with E-state index in [9.17, 15) is 4.79 Å². The van der Waals surface area contributed by atoms with Crippen LogP contribution in [-0.2, 0) is 11.2 Å². The highest BCUT2D eigenvalue weighted by Crippen LogP contribution is 2.31. The molecule has 28 heavy (non-hydrogen) atoms. The number of nitrogens with zero attached hydrogens (tertiary/aromatic N) is 3. The number of pyridine rings is 1. The zero-order valence-corrected chi connectivity index (χ0v) is 16.6. The van der Waals surface area contributed by atoms with Crippen molar-refractivity contribution in [1.82, 2.24) is 14.8 Å². The van der Waals surface area contributed by atoms with E-state index in [0.717, 1.165) is 74.4 Å². The summed E-state index contributed by atoms with van der Waals surface area (Å²) in [6.07, 6.45) is 5.22. The molecule has 2 aromatic rings. The van der Waals surface area contributed by atoms with Crippen LogP contribution < -0.4 is 4.74 Å². The van der Waals surface area contributed by atoms with E-state index in [4.69, 9.17) is 9.72 Å². The average Bonchev–Trinajstić information content (AvgIpc) is 3.41. The maximum absolute atomic E-state index is 12.6. The van der Waals surface area contributed by atoms with E-state index in [0.29, 0.717) is 6.54 Å². The smallest absolute Gasteiger partial charge is 0.236 e. The van der Waals surface area contributed by atoms with Crippen LogP contribution in [0.4, 0.5) is 0 Å². The van der Waals surface area contributed by atoms with Gasteiger partial charge in [0, 0.05) is 30.8 Å². The van der Waals surface area contributed by atoms with Crippen LogP contribution >= 0.6 is 0 Å². The van der Waals surface area contributed by atoms with Gasteiger partial charge in [0.15, 0.2) is 0 Å². The van der Waals surface area contributed by atoms with E-state index < -0.39 is 0 Å². The van der Waals surface area contributed by atoms with E-state index in [1.54, 1.807) is 7.11 Å². The van der Waals surface area contributed by atoms with Gasteiger partial charge in [0.05, 0.1) is 25.4 Å². The summed E-state index contributed by atoms with van der Waals surface area (Å²) in [4.78, 5) is 21.9. The lowest BCUT2D eigenvalue weighted by Crippen LogP contribution is -2.38. The van der Waals surface area contributed by atoms with E-state index in [2.05, 4.69) is 29.2 Å². The molecule has 1 aromatic carbocycles. The van der Waals surface area contributed by atoms with Crippen molar-refractivity contribution in [3.63, 3.8) is 0 Å². The number of para-hydroxylation sites is 1. The topological polar surface area (TPSA) is 45.7 Å². The summed E-state index contributed by atoms with van der Waals surface area (Å²) in [7, 11) is 1.70. The Kier molecular flexibility index (Phi) is 5.91. The number of rotatable bonds is 6. The molecule has 5 heteroatoms. The summed E-state index contributed by atoms with van der Waals surface area (Å²) < 4.78 is 5.48. The largest absolute Gasteiger partial charge is 0.496 e. The van der Waals surface area contributed by atoms with Crippen molar-refractivity contribution in [2.45, 2.75) is 38.1 Å². The summed E-state index contributed by atoms with van der Waals surface area (Å²) in [6.45, 7) is 3.33. The summed E-state index contributed by atoms with van der Waals surface area (Å²) >= 11 is 0. The van der Waals surface area contributed by atoms with Crippen molar-refractivity contribution < 1.29 is 9.53 Å². The second kappa shape index (κ2) is 8.74. The lowest BCUT2D eigenvalue weighted by molar-refractivity contribution is -0.131. The van der Waals surface area contributed by atoms with E-state index in [1.807, 2.05) is 23.1 Å². The van der Waals surface area contributed by atoms with Crippen molar-refractivity contribution >= 4 is 5.91 Å². The molecule has 3 heterocycles. The van der Waals surface area contributed by atoms with Gasteiger partial charge < -0.3 is 9.64 Å². The second-order valence-electron chi connectivity index (χ2n) is 7.76. The number of carbonyl (C=O) groups is 1. The molecule has 0 spiro atoms. The normalized spacial score (nSPS) is 19.9. The third kappa shape index (κ3) is 4.20. The van der Waals surface area contributed by atoms with Crippen LogP contribution in [0.3, 0.4) is 0 Å². The van der Waals surface area contributed by atoms with Crippen LogP contribution in [-0.4, -0.2) is 54.0 Å². The molecule has 0 N–H and O–H groups in total. The number of aromatic nitrogens is 1. The number of benzene rings is 1. The SMILES string of the molecule is COc1ccccc1Cc1cccc([C@H]2CCCN2CC(=O)N2CCCC2)n1. The Labute approximate surface area is 167 Å². The molecule has 0 saturated carbocycles. The Hall–Kier alpha value is -2.40. The molecule has 2 fully saturated rings. The highest BCUT2D eigenvalue weighted by Gasteiger charge is 2.30. The summed E-state index contributed by atoms with van der Waals surface area (Å²) in [5.74, 6) is 1.17. The molecule has 1 atom stereocenters. The molecule has 1 aromatic heterocycles. The fraction of sp³-hybridized carbons (Fsp3) is 0.478. The van der Waals surface area contributed by atoms with Crippen LogP contribution in [0.25, 0.3) is 0 Å². The van der Waals surface area contributed by atoms with E-state index >= 15 is 0 Å². The number of likely N-dealkylation sites (tertiary alicyclic amines) is 2. The molecule has 1 amide bonds. The van der Waals surface area contributed by atoms with Gasteiger partial charge in [-0.25, -0.2) is 0 Å². The van der Waals surface area contributed by atoms with Gasteiger partial charge in [-0.3, -0.25) is 14.7 Å². The maximum Gasteiger partial charge on any atom is 0.236 e. The van der Waals surface area contributed by atoms with Gasteiger partial charge in [-0.2, -0.15) is 0 Å². The number of amides is 1. The first kappa shape index (κ1) is 18.9. The Bertz CT molecular complexity index is 817. The minimum Gasteiger partial charge on any atom is -0.496 e. The summed E-state index contributed by atoms with van der Waals surface area (Å²) in [5, 5.41) is 0. The molecule has 5 nitrogen and oxygen atoms in total. The quantitative estimate of drug-likeness (QED) is 0.771. The van der Waals surface area contributed by atoms with Crippen LogP contribution in [0.1, 0.15) is 48.7 Å². The third-order valence-corrected chi connectivity index (χ3v) is 5.89. The number of hydrogen-bond donors (Lipinski definition) is 0. The lowest BCUT2D eigenvalue weighted by Gasteiger charge is -2.26. The number of hydrogen-bond acceptors (Lipinski definition) is 4. The zero-order valence-electron chi connectivity index (χ0n) is 16.6. The highest BCUT2D eigenvalue weighted by molar-refractivity contribution is 5.78. The van der Waals surface area contributed by atoms with Gasteiger partial charge in [0.2, 0.25) is 5.91 Å². The highest BCUT2D eigenvalue weighted by atomic mass is 16.5. The van der Waals surface area contributed by atoms with Gasteiger partial charge in [-0.1, -0.05) is 24.3 Å². The number of ether oxygens (including phenoxy) is 1. The minimum atomic E-state index is 0.240. The fourth-order valence-corrected chi connectivity index (χ4v) is 4.42. The molecule has 2 aliphatic rings. The standard InChI is InChI=1S/C23H29N3O2/c1-28-22-12-3-2-8-18(22)16-19-9-6-10-20(24-19)21-11-7-15-26(21)17-23(27)25-13-4-5-14-25/h2-3,6,8-10,12,21H,4-5,7,11,13-17H2,1H3/t21-/m1/s1. The first-order valence-electron chi connectivity index (χ1n) is 10.3. The van der Waals surface area contributed by atoms with Gasteiger partial charge in [-0.15, -0.1) is 0 Å². The van der Waals surface area contributed by atoms with Crippen molar-refractivity contribution in [2.75, 3.05) is 33.3 Å². The van der Waals surface area contributed by atoms with Crippen molar-refractivity contribution in [1.29, 1.82) is 0 Å². The molecule has 0 unspecified atom stereocenters. The number of methoxy groups -OCH3 is 1. The van der Waals surface area contributed by atoms with Crippen LogP contribution in [0.2, 0.25) is 0 Å². The summed E-state index contributed by atoms with van der Waals surface area (Å²) in [5.41, 5.74) is 3.26. The van der Waals surface area contributed by atoms with E-state index in [-0.39, 0.29) is 11.9 Å². The predicted molar refractivity (Wildman–Crippen MR) is 109 cm³/mol. The van der Waals surface area contributed by atoms with Crippen LogP contribution in [0, 0.1) is 0 Å². The van der Waals surface area contributed by atoms with Crippen LogP contribution in [0.15, 0.2) is 42.5 Å². The lowest BCUT2D eigenvalue weighted by atomic mass is 10.1. The molecule has 148 valence electrons. The van der Waals surface area contributed by atoms with Crippen molar-refractivity contribution in [3.8, 4) is 5.75 Å². The van der Waals surface area contributed by atoms with Gasteiger partial charge in [0.1, 0.15) is 5.75 Å². The van der Waals surface area contributed by atoms with Gasteiger partial charge in [-0.05, 0) is 50.4 Å². The first-order valence-corrected chi connectivity index (χ1v) is 10.3. The molecule has 0 aliphatic carbocycles. The Morgan fingerprint density at radius 1 is 1.07 bits per heavy atom. The van der Waals surface area contributed by atoms with Crippen molar-refractivity contribution in [3.05, 3.63) is 59.4 Å². The van der Waals surface area contributed by atoms with Crippen LogP contribution in [0.5, 0.6) is 5.75 Å². The molecule has 0 bridgehead atoms. The molecule has 4 rings (SSSR count). The third-order valence-electron chi connectivity index (χ3n) is 5.89.